The second-order valence-electron chi connectivity index (χ2n) is 4.04. The van der Waals surface area contributed by atoms with Gasteiger partial charge in [-0.15, -0.1) is 11.3 Å². The van der Waals surface area contributed by atoms with E-state index in [1.54, 1.807) is 23.9 Å². The molecule has 17 heavy (non-hydrogen) atoms. The van der Waals surface area contributed by atoms with Gasteiger partial charge in [-0.1, -0.05) is 18.2 Å². The molecule has 0 radical (unpaired) electrons. The first-order valence-electron chi connectivity index (χ1n) is 5.50. The number of aliphatic hydroxyl groups is 1. The molecule has 0 bridgehead atoms. The highest BCUT2D eigenvalue weighted by atomic mass is 32.1. The minimum absolute atomic E-state index is 0.454. The summed E-state index contributed by atoms with van der Waals surface area (Å²) in [5.41, 5.74) is 1.02. The van der Waals surface area contributed by atoms with Crippen molar-refractivity contribution in [3.8, 4) is 0 Å². The molecular formula is C14H12O2S. The van der Waals surface area contributed by atoms with E-state index in [-0.39, 0.29) is 0 Å². The van der Waals surface area contributed by atoms with Crippen LogP contribution in [0, 0.1) is 0 Å². The predicted molar refractivity (Wildman–Crippen MR) is 69.2 cm³/mol. The van der Waals surface area contributed by atoms with Crippen LogP contribution in [0.2, 0.25) is 0 Å². The van der Waals surface area contributed by atoms with Gasteiger partial charge in [0.05, 0.1) is 18.6 Å². The van der Waals surface area contributed by atoms with Gasteiger partial charge in [-0.3, -0.25) is 0 Å². The number of thiophene rings is 1. The molecule has 1 aromatic carbocycles. The number of benzene rings is 1. The van der Waals surface area contributed by atoms with Crippen molar-refractivity contribution < 1.29 is 9.52 Å². The normalized spacial score (nSPS) is 13.0. The van der Waals surface area contributed by atoms with Crippen LogP contribution in [-0.2, 0) is 6.42 Å². The van der Waals surface area contributed by atoms with Crippen LogP contribution in [0.4, 0.5) is 0 Å². The molecule has 0 spiro atoms. The Morgan fingerprint density at radius 2 is 2.12 bits per heavy atom. The van der Waals surface area contributed by atoms with Crippen molar-refractivity contribution in [1.82, 2.24) is 0 Å². The Morgan fingerprint density at radius 3 is 2.88 bits per heavy atom. The predicted octanol–water partition coefficient (Wildman–Crippen LogP) is 3.77. The zero-order valence-electron chi connectivity index (χ0n) is 9.17. The fraction of sp³-hybridized carbons (Fsp3) is 0.143. The van der Waals surface area contributed by atoms with Crippen molar-refractivity contribution in [1.29, 1.82) is 0 Å². The van der Waals surface area contributed by atoms with E-state index in [0.717, 1.165) is 10.4 Å². The van der Waals surface area contributed by atoms with E-state index in [1.165, 1.54) is 10.1 Å². The lowest BCUT2D eigenvalue weighted by Crippen LogP contribution is -1.97. The molecule has 0 saturated heterocycles. The number of fused-ring (bicyclic) bond motifs is 1. The zero-order valence-corrected chi connectivity index (χ0v) is 9.98. The molecule has 3 aromatic rings. The molecule has 0 aliphatic heterocycles. The molecule has 2 heterocycles. The first-order chi connectivity index (χ1) is 8.33. The summed E-state index contributed by atoms with van der Waals surface area (Å²) in [5.74, 6) is 0. The molecule has 1 atom stereocenters. The van der Waals surface area contributed by atoms with Crippen molar-refractivity contribution in [3.05, 3.63) is 59.4 Å². The average Bonchev–Trinajstić information content (AvgIpc) is 2.96. The molecule has 86 valence electrons. The summed E-state index contributed by atoms with van der Waals surface area (Å²) >= 11 is 1.65. The Kier molecular flexibility index (Phi) is 2.71. The summed E-state index contributed by atoms with van der Waals surface area (Å²) in [5, 5.41) is 11.4. The van der Waals surface area contributed by atoms with Crippen molar-refractivity contribution in [2.24, 2.45) is 0 Å². The standard InChI is InChI=1S/C14H12O2S/c15-12(7-10-5-6-16-9-10)14-8-11-3-1-2-4-13(11)17-14/h1-6,8-9,12,15H,7H2. The van der Waals surface area contributed by atoms with Gasteiger partial charge >= 0.3 is 0 Å². The molecule has 2 aromatic heterocycles. The highest BCUT2D eigenvalue weighted by Crippen LogP contribution is 2.31. The molecule has 1 unspecified atom stereocenters. The van der Waals surface area contributed by atoms with E-state index in [0.29, 0.717) is 6.42 Å². The summed E-state index contributed by atoms with van der Waals surface area (Å²) in [6.45, 7) is 0. The van der Waals surface area contributed by atoms with Crippen LogP contribution in [0.1, 0.15) is 16.5 Å². The smallest absolute Gasteiger partial charge is 0.0935 e. The molecule has 0 aliphatic rings. The summed E-state index contributed by atoms with van der Waals surface area (Å²) in [4.78, 5) is 1.01. The Bertz CT molecular complexity index is 577. The van der Waals surface area contributed by atoms with Crippen LogP contribution in [-0.4, -0.2) is 5.11 Å². The Hall–Kier alpha value is -1.58. The maximum atomic E-state index is 10.2. The summed E-state index contributed by atoms with van der Waals surface area (Å²) < 4.78 is 6.22. The molecule has 0 fully saturated rings. The topological polar surface area (TPSA) is 33.4 Å². The zero-order chi connectivity index (χ0) is 11.7. The van der Waals surface area contributed by atoms with Gasteiger partial charge in [0.2, 0.25) is 0 Å². The largest absolute Gasteiger partial charge is 0.472 e. The molecule has 0 amide bonds. The molecule has 1 N–H and O–H groups in total. The van der Waals surface area contributed by atoms with Crippen LogP contribution < -0.4 is 0 Å². The van der Waals surface area contributed by atoms with E-state index in [2.05, 4.69) is 18.2 Å². The fourth-order valence-corrected chi connectivity index (χ4v) is 2.95. The minimum Gasteiger partial charge on any atom is -0.472 e. The first-order valence-corrected chi connectivity index (χ1v) is 6.32. The third-order valence-electron chi connectivity index (χ3n) is 2.78. The van der Waals surface area contributed by atoms with Crippen LogP contribution in [0.5, 0.6) is 0 Å². The lowest BCUT2D eigenvalue weighted by Gasteiger charge is -2.05. The van der Waals surface area contributed by atoms with Gasteiger partial charge in [0.15, 0.2) is 0 Å². The van der Waals surface area contributed by atoms with E-state index < -0.39 is 6.10 Å². The number of hydrogen-bond acceptors (Lipinski definition) is 3. The Morgan fingerprint density at radius 1 is 1.24 bits per heavy atom. The van der Waals surface area contributed by atoms with Crippen molar-refractivity contribution >= 4 is 21.4 Å². The highest BCUT2D eigenvalue weighted by molar-refractivity contribution is 7.19. The van der Waals surface area contributed by atoms with Gasteiger partial charge in [0.1, 0.15) is 0 Å². The molecule has 0 saturated carbocycles. The monoisotopic (exact) mass is 244 g/mol. The lowest BCUT2D eigenvalue weighted by molar-refractivity contribution is 0.182. The fourth-order valence-electron chi connectivity index (χ4n) is 1.90. The average molecular weight is 244 g/mol. The first kappa shape index (κ1) is 10.6. The highest BCUT2D eigenvalue weighted by Gasteiger charge is 2.12. The van der Waals surface area contributed by atoms with Gasteiger partial charge in [-0.2, -0.15) is 0 Å². The second kappa shape index (κ2) is 4.35. The SMILES string of the molecule is OC(Cc1ccoc1)c1cc2ccccc2s1. The van der Waals surface area contributed by atoms with E-state index in [4.69, 9.17) is 4.42 Å². The van der Waals surface area contributed by atoms with Crippen LogP contribution in [0.15, 0.2) is 53.3 Å². The lowest BCUT2D eigenvalue weighted by atomic mass is 10.1. The molecule has 3 heteroatoms. The van der Waals surface area contributed by atoms with Crippen LogP contribution >= 0.6 is 11.3 Å². The summed E-state index contributed by atoms with van der Waals surface area (Å²) in [6.07, 6.45) is 3.46. The van der Waals surface area contributed by atoms with E-state index in [9.17, 15) is 5.11 Å². The van der Waals surface area contributed by atoms with Crippen molar-refractivity contribution in [3.63, 3.8) is 0 Å². The van der Waals surface area contributed by atoms with Gasteiger partial charge < -0.3 is 9.52 Å². The third-order valence-corrected chi connectivity index (χ3v) is 4.00. The van der Waals surface area contributed by atoms with E-state index in [1.807, 2.05) is 18.2 Å². The minimum atomic E-state index is -0.454. The number of hydrogen-bond donors (Lipinski definition) is 1. The van der Waals surface area contributed by atoms with Crippen molar-refractivity contribution in [2.75, 3.05) is 0 Å². The summed E-state index contributed by atoms with van der Waals surface area (Å²) in [6, 6.07) is 12.1. The number of furan rings is 1. The molecule has 2 nitrogen and oxygen atoms in total. The quantitative estimate of drug-likeness (QED) is 0.760. The van der Waals surface area contributed by atoms with Gasteiger partial charge in [-0.05, 0) is 29.1 Å². The molecule has 0 aliphatic carbocycles. The maximum Gasteiger partial charge on any atom is 0.0935 e. The maximum absolute atomic E-state index is 10.2. The Labute approximate surface area is 103 Å². The Balaban J connectivity index is 1.88. The third kappa shape index (κ3) is 2.12. The molecule has 3 rings (SSSR count). The number of aliphatic hydroxyl groups excluding tert-OH is 1. The van der Waals surface area contributed by atoms with E-state index >= 15 is 0 Å². The van der Waals surface area contributed by atoms with Gasteiger partial charge in [0, 0.05) is 16.0 Å². The van der Waals surface area contributed by atoms with Gasteiger partial charge in [0.25, 0.3) is 0 Å². The molecular weight excluding hydrogens is 232 g/mol. The van der Waals surface area contributed by atoms with Crippen LogP contribution in [0.25, 0.3) is 10.1 Å². The van der Waals surface area contributed by atoms with Gasteiger partial charge in [-0.25, -0.2) is 0 Å². The number of rotatable bonds is 3. The van der Waals surface area contributed by atoms with Crippen LogP contribution in [0.3, 0.4) is 0 Å². The second-order valence-corrected chi connectivity index (χ2v) is 5.15. The van der Waals surface area contributed by atoms with Crippen molar-refractivity contribution in [2.45, 2.75) is 12.5 Å². The summed E-state index contributed by atoms with van der Waals surface area (Å²) in [7, 11) is 0.